The molecule has 0 aromatic heterocycles. The van der Waals surface area contributed by atoms with Gasteiger partial charge in [-0.2, -0.15) is 0 Å². The van der Waals surface area contributed by atoms with Crippen molar-refractivity contribution >= 4 is 0 Å². The first-order valence-electron chi connectivity index (χ1n) is 8.54. The largest absolute Gasteiger partial charge is 0.507 e. The van der Waals surface area contributed by atoms with Crippen LogP contribution >= 0.6 is 0 Å². The number of aliphatic hydroxyl groups excluding tert-OH is 1. The molecule has 0 saturated heterocycles. The van der Waals surface area contributed by atoms with Crippen LogP contribution in [0.2, 0.25) is 0 Å². The maximum absolute atomic E-state index is 10.1. The van der Waals surface area contributed by atoms with Crippen molar-refractivity contribution in [2.24, 2.45) is 22.7 Å². The second-order valence-electron chi connectivity index (χ2n) is 8.35. The highest BCUT2D eigenvalue weighted by Gasteiger charge is 2.54. The van der Waals surface area contributed by atoms with E-state index in [1.165, 1.54) is 31.3 Å². The maximum atomic E-state index is 10.1. The van der Waals surface area contributed by atoms with E-state index in [9.17, 15) is 15.3 Å². The Morgan fingerprint density at radius 1 is 1.05 bits per heavy atom. The van der Waals surface area contributed by atoms with Gasteiger partial charge in [-0.3, -0.25) is 0 Å². The zero-order valence-corrected chi connectivity index (χ0v) is 13.5. The highest BCUT2D eigenvalue weighted by atomic mass is 16.5. The van der Waals surface area contributed by atoms with Crippen molar-refractivity contribution in [1.82, 2.24) is 0 Å². The molecular formula is C19H26O3. The van der Waals surface area contributed by atoms with Crippen LogP contribution in [-0.4, -0.2) is 21.1 Å². The molecule has 4 atom stereocenters. The lowest BCUT2D eigenvalue weighted by molar-refractivity contribution is -0.158. The van der Waals surface area contributed by atoms with Crippen LogP contribution in [0.4, 0.5) is 0 Å². The second kappa shape index (κ2) is 4.27. The minimum Gasteiger partial charge on any atom is -0.507 e. The molecule has 0 bridgehead atoms. The van der Waals surface area contributed by atoms with Crippen molar-refractivity contribution < 1.29 is 15.3 Å². The van der Waals surface area contributed by atoms with Gasteiger partial charge in [0.05, 0.1) is 0 Å². The molecule has 2 saturated carbocycles. The third-order valence-corrected chi connectivity index (χ3v) is 7.07. The van der Waals surface area contributed by atoms with Gasteiger partial charge in [0.2, 0.25) is 5.79 Å². The van der Waals surface area contributed by atoms with Gasteiger partial charge in [0.15, 0.2) is 0 Å². The fourth-order valence-electron chi connectivity index (χ4n) is 5.66. The second-order valence-corrected chi connectivity index (χ2v) is 8.35. The van der Waals surface area contributed by atoms with Gasteiger partial charge >= 0.3 is 0 Å². The summed E-state index contributed by atoms with van der Waals surface area (Å²) in [5, 5.41) is 30.0. The molecule has 0 aliphatic heterocycles. The van der Waals surface area contributed by atoms with E-state index in [1.54, 1.807) is 6.08 Å². The van der Waals surface area contributed by atoms with Crippen molar-refractivity contribution in [3.8, 4) is 0 Å². The lowest BCUT2D eigenvalue weighted by atomic mass is 9.52. The molecule has 0 unspecified atom stereocenters. The third kappa shape index (κ3) is 1.75. The standard InChI is InChI=1S/C19H26O3/c1-17-8-3-4-14(17)13-6-5-12-10-19(21,22)16(20)11-18(12,2)15(13)7-9-17/h5-6,11,14-15,20-22H,3-4,7-10H2,1-2H3/t14-,15-,17-,18-/m0/s1. The summed E-state index contributed by atoms with van der Waals surface area (Å²) in [6, 6.07) is 0. The first kappa shape index (κ1) is 14.5. The molecule has 4 aliphatic carbocycles. The number of rotatable bonds is 0. The predicted molar refractivity (Wildman–Crippen MR) is 84.9 cm³/mol. The minimum absolute atomic E-state index is 0.105. The van der Waals surface area contributed by atoms with Crippen LogP contribution < -0.4 is 0 Å². The number of fused-ring (bicyclic) bond motifs is 5. The lowest BCUT2D eigenvalue weighted by Gasteiger charge is -2.52. The Hall–Kier alpha value is -1.06. The van der Waals surface area contributed by atoms with Gasteiger partial charge in [-0.05, 0) is 49.0 Å². The molecule has 3 N–H and O–H groups in total. The molecule has 0 heterocycles. The van der Waals surface area contributed by atoms with Gasteiger partial charge in [-0.1, -0.05) is 43.6 Å². The van der Waals surface area contributed by atoms with Gasteiger partial charge in [-0.15, -0.1) is 0 Å². The van der Waals surface area contributed by atoms with Gasteiger partial charge in [-0.25, -0.2) is 0 Å². The molecule has 2 fully saturated rings. The summed E-state index contributed by atoms with van der Waals surface area (Å²) in [6.45, 7) is 4.59. The number of hydrogen-bond donors (Lipinski definition) is 3. The zero-order valence-electron chi connectivity index (χ0n) is 13.5. The van der Waals surface area contributed by atoms with Crippen LogP contribution in [0.5, 0.6) is 0 Å². The predicted octanol–water partition coefficient (Wildman–Crippen LogP) is 3.60. The topological polar surface area (TPSA) is 60.7 Å². The highest BCUT2D eigenvalue weighted by Crippen LogP contribution is 2.63. The average Bonchev–Trinajstić information content (AvgIpc) is 2.82. The van der Waals surface area contributed by atoms with Gasteiger partial charge in [0.25, 0.3) is 0 Å². The Labute approximate surface area is 132 Å². The SMILES string of the molecule is C[C@@]12CCC[C@H]1C1=CC=C3CC(O)(O)C(O)=C[C@]3(C)[C@H]1CC2. The van der Waals surface area contributed by atoms with Crippen molar-refractivity contribution in [3.63, 3.8) is 0 Å². The summed E-state index contributed by atoms with van der Waals surface area (Å²) in [5.41, 5.74) is 2.74. The molecule has 0 aromatic rings. The Balaban J connectivity index is 1.80. The van der Waals surface area contributed by atoms with Crippen molar-refractivity contribution in [1.29, 1.82) is 0 Å². The van der Waals surface area contributed by atoms with Gasteiger partial charge in [0.1, 0.15) is 5.76 Å². The molecule has 0 amide bonds. The van der Waals surface area contributed by atoms with Crippen molar-refractivity contribution in [2.45, 2.75) is 58.2 Å². The van der Waals surface area contributed by atoms with Crippen LogP contribution in [0.1, 0.15) is 52.4 Å². The number of aliphatic hydroxyl groups is 3. The molecule has 4 aliphatic rings. The number of allylic oxidation sites excluding steroid dienone is 4. The normalized spacial score (nSPS) is 45.9. The van der Waals surface area contributed by atoms with E-state index >= 15 is 0 Å². The summed E-state index contributed by atoms with van der Waals surface area (Å²) in [5.74, 6) is -1.34. The van der Waals surface area contributed by atoms with Crippen LogP contribution in [0.15, 0.2) is 35.1 Å². The van der Waals surface area contributed by atoms with Gasteiger partial charge < -0.3 is 15.3 Å². The lowest BCUT2D eigenvalue weighted by Crippen LogP contribution is -2.46. The molecule has 0 radical (unpaired) electrons. The Bertz CT molecular complexity index is 612. The zero-order chi connectivity index (χ0) is 15.8. The van der Waals surface area contributed by atoms with E-state index in [0.29, 0.717) is 17.3 Å². The fourth-order valence-corrected chi connectivity index (χ4v) is 5.66. The average molecular weight is 302 g/mol. The molecule has 0 spiro atoms. The molecule has 4 rings (SSSR count). The van der Waals surface area contributed by atoms with Crippen LogP contribution in [0.25, 0.3) is 0 Å². The van der Waals surface area contributed by atoms with E-state index in [0.717, 1.165) is 12.0 Å². The molecule has 0 aromatic carbocycles. The fraction of sp³-hybridized carbons (Fsp3) is 0.684. The molecular weight excluding hydrogens is 276 g/mol. The maximum Gasteiger partial charge on any atom is 0.226 e. The number of hydrogen-bond acceptors (Lipinski definition) is 3. The van der Waals surface area contributed by atoms with E-state index < -0.39 is 5.79 Å². The van der Waals surface area contributed by atoms with Crippen molar-refractivity contribution in [2.75, 3.05) is 0 Å². The van der Waals surface area contributed by atoms with Crippen LogP contribution in [0, 0.1) is 22.7 Å². The van der Waals surface area contributed by atoms with E-state index in [2.05, 4.69) is 26.0 Å². The minimum atomic E-state index is -2.10. The summed E-state index contributed by atoms with van der Waals surface area (Å²) in [4.78, 5) is 0. The van der Waals surface area contributed by atoms with Crippen molar-refractivity contribution in [3.05, 3.63) is 35.1 Å². The summed E-state index contributed by atoms with van der Waals surface area (Å²) in [7, 11) is 0. The third-order valence-electron chi connectivity index (χ3n) is 7.07. The Morgan fingerprint density at radius 2 is 1.82 bits per heavy atom. The van der Waals surface area contributed by atoms with Crippen LogP contribution in [-0.2, 0) is 0 Å². The monoisotopic (exact) mass is 302 g/mol. The highest BCUT2D eigenvalue weighted by molar-refractivity contribution is 5.44. The molecule has 3 heteroatoms. The first-order valence-corrected chi connectivity index (χ1v) is 8.54. The molecule has 120 valence electrons. The van der Waals surface area contributed by atoms with Crippen LogP contribution in [0.3, 0.4) is 0 Å². The quantitative estimate of drug-likeness (QED) is 0.599. The summed E-state index contributed by atoms with van der Waals surface area (Å²) < 4.78 is 0. The molecule has 3 nitrogen and oxygen atoms in total. The van der Waals surface area contributed by atoms with E-state index in [4.69, 9.17) is 0 Å². The Kier molecular flexibility index (Phi) is 2.82. The summed E-state index contributed by atoms with van der Waals surface area (Å²) in [6.07, 6.45) is 12.4. The van der Waals surface area contributed by atoms with E-state index in [-0.39, 0.29) is 17.6 Å². The smallest absolute Gasteiger partial charge is 0.226 e. The summed E-state index contributed by atoms with van der Waals surface area (Å²) >= 11 is 0. The van der Waals surface area contributed by atoms with Gasteiger partial charge in [0, 0.05) is 11.8 Å². The van der Waals surface area contributed by atoms with E-state index in [1.807, 2.05) is 0 Å². The Morgan fingerprint density at radius 3 is 2.59 bits per heavy atom. The first-order chi connectivity index (χ1) is 10.3. The molecule has 22 heavy (non-hydrogen) atoms.